The summed E-state index contributed by atoms with van der Waals surface area (Å²) < 4.78 is 15.7. The monoisotopic (exact) mass is 339 g/mol. The van der Waals surface area contributed by atoms with E-state index in [-0.39, 0.29) is 12.3 Å². The molecule has 0 spiro atoms. The van der Waals surface area contributed by atoms with Gasteiger partial charge in [-0.2, -0.15) is 0 Å². The normalized spacial score (nSPS) is 12.9. The molecule has 0 heterocycles. The van der Waals surface area contributed by atoms with E-state index >= 15 is 0 Å². The van der Waals surface area contributed by atoms with Gasteiger partial charge in [-0.05, 0) is 31.0 Å². The molecule has 2 N–H and O–H groups in total. The topological polar surface area (TPSA) is 94.1 Å². The molecule has 1 aromatic carbocycles. The molecule has 24 heavy (non-hydrogen) atoms. The fourth-order valence-corrected chi connectivity index (χ4v) is 2.50. The van der Waals surface area contributed by atoms with Crippen molar-refractivity contribution >= 4 is 11.9 Å². The molecule has 0 bridgehead atoms. The molecule has 0 aliphatic rings. The van der Waals surface area contributed by atoms with Gasteiger partial charge in [0.2, 0.25) is 11.7 Å². The number of amides is 1. The smallest absolute Gasteiger partial charge is 0.329 e. The summed E-state index contributed by atoms with van der Waals surface area (Å²) in [6, 6.07) is 3.33. The molecule has 0 saturated carbocycles. The van der Waals surface area contributed by atoms with Crippen molar-refractivity contribution in [2.45, 2.75) is 38.6 Å². The summed E-state index contributed by atoms with van der Waals surface area (Å²) in [7, 11) is 4.48. The molecule has 0 aromatic heterocycles. The van der Waals surface area contributed by atoms with E-state index in [1.54, 1.807) is 12.1 Å². The van der Waals surface area contributed by atoms with Crippen molar-refractivity contribution in [3.63, 3.8) is 0 Å². The van der Waals surface area contributed by atoms with Gasteiger partial charge in [-0.15, -0.1) is 0 Å². The molecule has 0 aliphatic heterocycles. The van der Waals surface area contributed by atoms with Gasteiger partial charge in [0.25, 0.3) is 0 Å². The molecular formula is C17H25NO6. The predicted octanol–water partition coefficient (Wildman–Crippen LogP) is 2.01. The van der Waals surface area contributed by atoms with Crippen LogP contribution in [0.5, 0.6) is 17.2 Å². The number of methoxy groups -OCH3 is 3. The van der Waals surface area contributed by atoms with Crippen molar-refractivity contribution in [1.82, 2.24) is 5.32 Å². The molecule has 0 fully saturated rings. The number of ether oxygens (including phenoxy) is 3. The van der Waals surface area contributed by atoms with Crippen LogP contribution in [0.3, 0.4) is 0 Å². The maximum atomic E-state index is 12.3. The molecule has 7 nitrogen and oxygen atoms in total. The fourth-order valence-electron chi connectivity index (χ4n) is 2.50. The highest BCUT2D eigenvalue weighted by molar-refractivity contribution is 5.87. The number of rotatable bonds is 9. The third-order valence-electron chi connectivity index (χ3n) is 3.73. The van der Waals surface area contributed by atoms with Crippen LogP contribution in [0.4, 0.5) is 0 Å². The summed E-state index contributed by atoms with van der Waals surface area (Å²) in [5.74, 6) is -0.126. The van der Waals surface area contributed by atoms with Crippen LogP contribution in [0, 0.1) is 0 Å². The second kappa shape index (κ2) is 8.42. The fraction of sp³-hybridized carbons (Fsp3) is 0.529. The molecule has 0 saturated heterocycles. The third-order valence-corrected chi connectivity index (χ3v) is 3.73. The summed E-state index contributed by atoms with van der Waals surface area (Å²) in [4.78, 5) is 23.7. The number of hydrogen-bond acceptors (Lipinski definition) is 5. The lowest BCUT2D eigenvalue weighted by molar-refractivity contribution is -0.147. The van der Waals surface area contributed by atoms with Crippen molar-refractivity contribution in [1.29, 1.82) is 0 Å². The average molecular weight is 339 g/mol. The lowest BCUT2D eigenvalue weighted by atomic mass is 9.95. The van der Waals surface area contributed by atoms with Crippen LogP contribution in [0.2, 0.25) is 0 Å². The number of nitrogens with one attached hydrogen (secondary N) is 1. The van der Waals surface area contributed by atoms with Gasteiger partial charge in [-0.1, -0.05) is 13.3 Å². The van der Waals surface area contributed by atoms with Gasteiger partial charge in [0, 0.05) is 0 Å². The Kier molecular flexibility index (Phi) is 6.88. The molecule has 0 aliphatic carbocycles. The molecule has 1 rings (SSSR count). The van der Waals surface area contributed by atoms with Crippen LogP contribution in [-0.2, 0) is 16.0 Å². The van der Waals surface area contributed by atoms with Crippen molar-refractivity contribution in [3.8, 4) is 17.2 Å². The molecule has 7 heteroatoms. The van der Waals surface area contributed by atoms with Gasteiger partial charge >= 0.3 is 5.97 Å². The lowest BCUT2D eigenvalue weighted by Gasteiger charge is -2.26. The second-order valence-electron chi connectivity index (χ2n) is 5.65. The van der Waals surface area contributed by atoms with E-state index in [4.69, 9.17) is 14.2 Å². The maximum absolute atomic E-state index is 12.3. The number of carbonyl (C=O) groups is 2. The number of hydrogen-bond donors (Lipinski definition) is 2. The first-order valence-electron chi connectivity index (χ1n) is 7.64. The van der Waals surface area contributed by atoms with Crippen LogP contribution < -0.4 is 19.5 Å². The minimum Gasteiger partial charge on any atom is -0.493 e. The van der Waals surface area contributed by atoms with E-state index in [1.165, 1.54) is 28.3 Å². The van der Waals surface area contributed by atoms with E-state index in [0.717, 1.165) is 0 Å². The first kappa shape index (κ1) is 19.6. The summed E-state index contributed by atoms with van der Waals surface area (Å²) >= 11 is 0. The van der Waals surface area contributed by atoms with E-state index < -0.39 is 11.5 Å². The van der Waals surface area contributed by atoms with Gasteiger partial charge in [0.15, 0.2) is 11.5 Å². The summed E-state index contributed by atoms with van der Waals surface area (Å²) in [6.45, 7) is 3.37. The van der Waals surface area contributed by atoms with E-state index in [0.29, 0.717) is 35.7 Å². The Bertz CT molecular complexity index is 576. The highest BCUT2D eigenvalue weighted by Crippen LogP contribution is 2.38. The zero-order chi connectivity index (χ0) is 18.3. The van der Waals surface area contributed by atoms with Gasteiger partial charge < -0.3 is 24.6 Å². The Labute approximate surface area is 141 Å². The molecule has 134 valence electrons. The van der Waals surface area contributed by atoms with Crippen LogP contribution in [0.1, 0.15) is 32.3 Å². The largest absolute Gasteiger partial charge is 0.493 e. The highest BCUT2D eigenvalue weighted by Gasteiger charge is 2.33. The number of aliphatic carboxylic acids is 1. The van der Waals surface area contributed by atoms with Crippen LogP contribution >= 0.6 is 0 Å². The molecule has 1 unspecified atom stereocenters. The third kappa shape index (κ3) is 4.53. The number of carboxylic acid groups (broad SMARTS) is 1. The number of carbonyl (C=O) groups excluding carboxylic acids is 1. The zero-order valence-electron chi connectivity index (χ0n) is 14.8. The van der Waals surface area contributed by atoms with Crippen molar-refractivity contribution in [2.24, 2.45) is 0 Å². The number of carboxylic acids is 1. The van der Waals surface area contributed by atoms with Crippen LogP contribution in [0.15, 0.2) is 12.1 Å². The quantitative estimate of drug-likeness (QED) is 0.715. The highest BCUT2D eigenvalue weighted by atomic mass is 16.5. The minimum absolute atomic E-state index is 0.00327. The SMILES string of the molecule is CCCC(C)(NC(=O)Cc1cc(OC)c(OC)c(OC)c1)C(=O)O. The second-order valence-corrected chi connectivity index (χ2v) is 5.65. The number of benzene rings is 1. The standard InChI is InChI=1S/C17H25NO6/c1-6-7-17(2,16(20)21)18-14(19)10-11-8-12(22-3)15(24-5)13(9-11)23-4/h8-9H,6-7,10H2,1-5H3,(H,18,19)(H,20,21). The summed E-state index contributed by atoms with van der Waals surface area (Å²) in [6.07, 6.45) is 1.000. The van der Waals surface area contributed by atoms with Gasteiger partial charge in [0.1, 0.15) is 5.54 Å². The first-order chi connectivity index (χ1) is 11.3. The summed E-state index contributed by atoms with van der Waals surface area (Å²) in [5.41, 5.74) is -0.654. The Hall–Kier alpha value is -2.44. The van der Waals surface area contributed by atoms with Gasteiger partial charge in [-0.25, -0.2) is 4.79 Å². The molecule has 1 atom stereocenters. The van der Waals surface area contributed by atoms with Gasteiger partial charge in [-0.3, -0.25) is 4.79 Å². The zero-order valence-corrected chi connectivity index (χ0v) is 14.8. The molecule has 1 amide bonds. The molecule has 1 aromatic rings. The average Bonchev–Trinajstić information content (AvgIpc) is 2.53. The Morgan fingerprint density at radius 1 is 1.12 bits per heavy atom. The van der Waals surface area contributed by atoms with Crippen LogP contribution in [-0.4, -0.2) is 43.9 Å². The van der Waals surface area contributed by atoms with Crippen molar-refractivity contribution in [3.05, 3.63) is 17.7 Å². The predicted molar refractivity (Wildman–Crippen MR) is 88.9 cm³/mol. The van der Waals surface area contributed by atoms with E-state index in [2.05, 4.69) is 5.32 Å². The molecular weight excluding hydrogens is 314 g/mol. The van der Waals surface area contributed by atoms with Crippen molar-refractivity contribution in [2.75, 3.05) is 21.3 Å². The summed E-state index contributed by atoms with van der Waals surface area (Å²) in [5, 5.41) is 11.9. The Morgan fingerprint density at radius 2 is 1.67 bits per heavy atom. The maximum Gasteiger partial charge on any atom is 0.329 e. The first-order valence-corrected chi connectivity index (χ1v) is 7.64. The van der Waals surface area contributed by atoms with Gasteiger partial charge in [0.05, 0.1) is 27.8 Å². The minimum atomic E-state index is -1.29. The van der Waals surface area contributed by atoms with Crippen LogP contribution in [0.25, 0.3) is 0 Å². The van der Waals surface area contributed by atoms with E-state index in [1.807, 2.05) is 6.92 Å². The molecule has 0 radical (unpaired) electrons. The lowest BCUT2D eigenvalue weighted by Crippen LogP contribution is -2.52. The Morgan fingerprint density at radius 3 is 2.04 bits per heavy atom. The van der Waals surface area contributed by atoms with E-state index in [9.17, 15) is 14.7 Å². The Balaban J connectivity index is 3.00. The van der Waals surface area contributed by atoms with Crippen molar-refractivity contribution < 1.29 is 28.9 Å².